The molecule has 2 saturated heterocycles. The Hall–Kier alpha value is -3.70. The molecule has 3 amide bonds. The average molecular weight is 502 g/mol. The van der Waals surface area contributed by atoms with Crippen molar-refractivity contribution < 1.29 is 14.4 Å². The summed E-state index contributed by atoms with van der Waals surface area (Å²) in [5, 5.41) is 15.4. The normalized spacial score (nSPS) is 24.1. The number of nitrogens with one attached hydrogen (secondary N) is 2. The fraction of sp³-hybridized carbons (Fsp3) is 0.448. The third kappa shape index (κ3) is 5.83. The van der Waals surface area contributed by atoms with Gasteiger partial charge in [-0.15, -0.1) is 0 Å². The Morgan fingerprint density at radius 2 is 1.62 bits per heavy atom. The van der Waals surface area contributed by atoms with E-state index in [0.29, 0.717) is 32.1 Å². The molecular weight excluding hydrogens is 466 g/mol. The van der Waals surface area contributed by atoms with E-state index in [2.05, 4.69) is 16.7 Å². The van der Waals surface area contributed by atoms with Gasteiger partial charge in [-0.05, 0) is 43.2 Å². The number of nitrogens with zero attached hydrogens (tertiary/aromatic N) is 2. The van der Waals surface area contributed by atoms with Gasteiger partial charge in [-0.25, -0.2) is 0 Å². The molecule has 0 aromatic heterocycles. The second kappa shape index (κ2) is 12.0. The van der Waals surface area contributed by atoms with Crippen LogP contribution in [-0.4, -0.2) is 46.8 Å². The summed E-state index contributed by atoms with van der Waals surface area (Å²) in [6, 6.07) is 19.0. The molecule has 4 rings (SSSR count). The van der Waals surface area contributed by atoms with Gasteiger partial charge in [-0.1, -0.05) is 67.6 Å². The van der Waals surface area contributed by atoms with Crippen LogP contribution in [0, 0.1) is 17.2 Å². The Labute approximate surface area is 218 Å². The zero-order valence-electron chi connectivity index (χ0n) is 21.2. The van der Waals surface area contributed by atoms with Crippen LogP contribution in [0.5, 0.6) is 0 Å². The molecule has 0 radical (unpaired) electrons. The first kappa shape index (κ1) is 26.4. The first-order valence-corrected chi connectivity index (χ1v) is 13.1. The SMILES string of the molecule is CC[C@H](N)C(=O)NC1C(=O)N2C(CCC1CC#N)CCC2C(=O)NC(c1ccccc1)c1ccccc1. The van der Waals surface area contributed by atoms with Gasteiger partial charge in [0, 0.05) is 18.4 Å². The highest BCUT2D eigenvalue weighted by atomic mass is 16.2. The number of rotatable bonds is 8. The molecule has 0 aliphatic carbocycles. The Morgan fingerprint density at radius 3 is 2.19 bits per heavy atom. The summed E-state index contributed by atoms with van der Waals surface area (Å²) in [5.41, 5.74) is 7.82. The summed E-state index contributed by atoms with van der Waals surface area (Å²) in [6.45, 7) is 1.80. The summed E-state index contributed by atoms with van der Waals surface area (Å²) in [6.07, 6.45) is 3.16. The zero-order valence-corrected chi connectivity index (χ0v) is 21.2. The van der Waals surface area contributed by atoms with Crippen molar-refractivity contribution in [3.05, 3.63) is 71.8 Å². The van der Waals surface area contributed by atoms with Crippen molar-refractivity contribution in [2.45, 2.75) is 75.7 Å². The Kier molecular flexibility index (Phi) is 8.57. The van der Waals surface area contributed by atoms with E-state index in [4.69, 9.17) is 5.73 Å². The molecule has 0 spiro atoms. The van der Waals surface area contributed by atoms with Crippen molar-refractivity contribution in [2.75, 3.05) is 0 Å². The molecule has 8 heteroatoms. The molecule has 2 heterocycles. The molecule has 194 valence electrons. The van der Waals surface area contributed by atoms with E-state index >= 15 is 0 Å². The number of carbonyl (C=O) groups is 3. The standard InChI is InChI=1S/C29H35N5O3/c1-2-23(31)27(35)33-26-21(17-18-30)13-14-22-15-16-24(34(22)29(26)37)28(36)32-25(19-9-5-3-6-10-19)20-11-7-4-8-12-20/h3-12,21-26H,2,13-17,31H2,1H3,(H,32,36)(H,33,35)/t21?,22?,23-,24?,26?/m0/s1. The zero-order chi connectivity index (χ0) is 26.4. The molecule has 37 heavy (non-hydrogen) atoms. The van der Waals surface area contributed by atoms with E-state index in [0.717, 1.165) is 11.1 Å². The lowest BCUT2D eigenvalue weighted by atomic mass is 9.90. The number of nitriles is 1. The molecule has 4 unspecified atom stereocenters. The molecule has 8 nitrogen and oxygen atoms in total. The first-order chi connectivity index (χ1) is 17.9. The van der Waals surface area contributed by atoms with Crippen LogP contribution in [0.2, 0.25) is 0 Å². The van der Waals surface area contributed by atoms with Gasteiger partial charge in [-0.2, -0.15) is 5.26 Å². The van der Waals surface area contributed by atoms with Crippen molar-refractivity contribution in [2.24, 2.45) is 11.7 Å². The molecular formula is C29H35N5O3. The van der Waals surface area contributed by atoms with Gasteiger partial charge in [0.05, 0.1) is 18.2 Å². The number of hydrogen-bond donors (Lipinski definition) is 3. The minimum Gasteiger partial charge on any atom is -0.343 e. The number of carbonyl (C=O) groups excluding carboxylic acids is 3. The van der Waals surface area contributed by atoms with Crippen LogP contribution in [0.25, 0.3) is 0 Å². The van der Waals surface area contributed by atoms with E-state index in [1.165, 1.54) is 0 Å². The summed E-state index contributed by atoms with van der Waals surface area (Å²) in [5.74, 6) is -1.24. The highest BCUT2D eigenvalue weighted by molar-refractivity contribution is 5.94. The lowest BCUT2D eigenvalue weighted by molar-refractivity contribution is -0.143. The molecule has 0 bridgehead atoms. The highest BCUT2D eigenvalue weighted by Gasteiger charge is 2.47. The number of nitrogens with two attached hydrogens (primary N) is 1. The summed E-state index contributed by atoms with van der Waals surface area (Å²) < 4.78 is 0. The summed E-state index contributed by atoms with van der Waals surface area (Å²) in [4.78, 5) is 41.9. The lowest BCUT2D eigenvalue weighted by Crippen LogP contribution is -2.58. The third-order valence-corrected chi connectivity index (χ3v) is 7.65. The first-order valence-electron chi connectivity index (χ1n) is 13.1. The van der Waals surface area contributed by atoms with Crippen molar-refractivity contribution in [1.82, 2.24) is 15.5 Å². The Morgan fingerprint density at radius 1 is 1.03 bits per heavy atom. The lowest BCUT2D eigenvalue weighted by Gasteiger charge is -2.33. The fourth-order valence-corrected chi connectivity index (χ4v) is 5.54. The van der Waals surface area contributed by atoms with Gasteiger partial charge >= 0.3 is 0 Å². The highest BCUT2D eigenvalue weighted by Crippen LogP contribution is 2.35. The summed E-state index contributed by atoms with van der Waals surface area (Å²) >= 11 is 0. The largest absolute Gasteiger partial charge is 0.343 e. The van der Waals surface area contributed by atoms with E-state index in [1.54, 1.807) is 11.8 Å². The Bertz CT molecular complexity index is 1090. The van der Waals surface area contributed by atoms with Crippen molar-refractivity contribution in [3.8, 4) is 6.07 Å². The van der Waals surface area contributed by atoms with Crippen LogP contribution in [0.3, 0.4) is 0 Å². The van der Waals surface area contributed by atoms with Crippen LogP contribution in [0.4, 0.5) is 0 Å². The minimum atomic E-state index is -0.873. The van der Waals surface area contributed by atoms with Crippen molar-refractivity contribution in [1.29, 1.82) is 5.26 Å². The number of amides is 3. The van der Waals surface area contributed by atoms with Gasteiger partial charge in [0.15, 0.2) is 0 Å². The molecule has 2 aliphatic rings. The van der Waals surface area contributed by atoms with E-state index in [1.807, 2.05) is 60.7 Å². The number of benzene rings is 2. The van der Waals surface area contributed by atoms with Crippen molar-refractivity contribution in [3.63, 3.8) is 0 Å². The van der Waals surface area contributed by atoms with Gasteiger partial charge in [0.1, 0.15) is 12.1 Å². The van der Waals surface area contributed by atoms with Gasteiger partial charge in [0.2, 0.25) is 17.7 Å². The molecule has 5 atom stereocenters. The maximum atomic E-state index is 13.9. The average Bonchev–Trinajstić information content (AvgIpc) is 3.32. The predicted octanol–water partition coefficient (Wildman–Crippen LogP) is 2.80. The smallest absolute Gasteiger partial charge is 0.246 e. The topological polar surface area (TPSA) is 128 Å². The van der Waals surface area contributed by atoms with Crippen LogP contribution in [0.15, 0.2) is 60.7 Å². The monoisotopic (exact) mass is 501 g/mol. The van der Waals surface area contributed by atoms with Crippen LogP contribution in [-0.2, 0) is 14.4 Å². The van der Waals surface area contributed by atoms with Crippen LogP contribution >= 0.6 is 0 Å². The van der Waals surface area contributed by atoms with E-state index in [-0.39, 0.29) is 36.2 Å². The minimum absolute atomic E-state index is 0.0990. The van der Waals surface area contributed by atoms with Crippen molar-refractivity contribution >= 4 is 17.7 Å². The summed E-state index contributed by atoms with van der Waals surface area (Å²) in [7, 11) is 0. The fourth-order valence-electron chi connectivity index (χ4n) is 5.54. The maximum absolute atomic E-state index is 13.9. The predicted molar refractivity (Wildman–Crippen MR) is 140 cm³/mol. The van der Waals surface area contributed by atoms with E-state index in [9.17, 15) is 19.6 Å². The van der Waals surface area contributed by atoms with Gasteiger partial charge in [0.25, 0.3) is 0 Å². The molecule has 2 aliphatic heterocycles. The second-order valence-electron chi connectivity index (χ2n) is 9.96. The molecule has 2 aromatic rings. The van der Waals surface area contributed by atoms with Gasteiger partial charge in [-0.3, -0.25) is 14.4 Å². The quantitative estimate of drug-likeness (QED) is 0.512. The Balaban J connectivity index is 1.59. The number of fused-ring (bicyclic) bond motifs is 1. The van der Waals surface area contributed by atoms with Crippen LogP contribution in [0.1, 0.15) is 62.6 Å². The van der Waals surface area contributed by atoms with E-state index < -0.39 is 24.0 Å². The maximum Gasteiger partial charge on any atom is 0.246 e. The molecule has 4 N–H and O–H groups in total. The molecule has 2 aromatic carbocycles. The third-order valence-electron chi connectivity index (χ3n) is 7.65. The second-order valence-corrected chi connectivity index (χ2v) is 9.96. The molecule has 2 fully saturated rings. The molecule has 0 saturated carbocycles. The number of hydrogen-bond acceptors (Lipinski definition) is 5. The van der Waals surface area contributed by atoms with Crippen LogP contribution < -0.4 is 16.4 Å². The van der Waals surface area contributed by atoms with Gasteiger partial charge < -0.3 is 21.3 Å².